The standard InChI is InChI=1S/C30H36ClN5O3S/c1-40(38,39)34-27-8-4-5-9-29(27)35-14-16-36(17-15-35)30(37)28(18-22-10-12-25(31)13-11-22)33-21-26-19-23-6-2-3-7-24(23)20-32-26/h2-13,26,28,32-34H,14-21H2,1H3. The number of piperazine rings is 1. The van der Waals surface area contributed by atoms with Crippen molar-refractivity contribution in [2.45, 2.75) is 31.5 Å². The van der Waals surface area contributed by atoms with Gasteiger partial charge in [0.2, 0.25) is 15.9 Å². The molecule has 0 aromatic heterocycles. The van der Waals surface area contributed by atoms with E-state index in [0.29, 0.717) is 49.9 Å². The van der Waals surface area contributed by atoms with Crippen LogP contribution in [-0.2, 0) is 34.2 Å². The molecule has 8 nitrogen and oxygen atoms in total. The second-order valence-corrected chi connectivity index (χ2v) is 12.7. The molecule has 2 aliphatic heterocycles. The molecule has 1 saturated heterocycles. The van der Waals surface area contributed by atoms with Gasteiger partial charge in [0, 0.05) is 50.3 Å². The molecule has 0 bridgehead atoms. The van der Waals surface area contributed by atoms with Crippen LogP contribution < -0.4 is 20.3 Å². The molecular weight excluding hydrogens is 546 g/mol. The summed E-state index contributed by atoms with van der Waals surface area (Å²) in [5, 5.41) is 7.86. The number of amides is 1. The Morgan fingerprint density at radius 2 is 1.65 bits per heavy atom. The van der Waals surface area contributed by atoms with Crippen molar-refractivity contribution in [1.82, 2.24) is 15.5 Å². The minimum atomic E-state index is -3.40. The molecule has 10 heteroatoms. The highest BCUT2D eigenvalue weighted by atomic mass is 35.5. The van der Waals surface area contributed by atoms with Crippen molar-refractivity contribution in [1.29, 1.82) is 0 Å². The molecule has 1 fully saturated rings. The van der Waals surface area contributed by atoms with E-state index in [1.165, 1.54) is 11.1 Å². The number of carbonyl (C=O) groups excluding carboxylic acids is 1. The monoisotopic (exact) mass is 581 g/mol. The smallest absolute Gasteiger partial charge is 0.240 e. The Kier molecular flexibility index (Phi) is 8.95. The number of hydrogen-bond donors (Lipinski definition) is 3. The van der Waals surface area contributed by atoms with Gasteiger partial charge in [0.15, 0.2) is 0 Å². The predicted molar refractivity (Wildman–Crippen MR) is 161 cm³/mol. The molecule has 3 aromatic carbocycles. The second kappa shape index (κ2) is 12.6. The van der Waals surface area contributed by atoms with Gasteiger partial charge in [0.1, 0.15) is 0 Å². The van der Waals surface area contributed by atoms with Crippen molar-refractivity contribution < 1.29 is 13.2 Å². The molecule has 3 N–H and O–H groups in total. The van der Waals surface area contributed by atoms with Crippen LogP contribution in [0, 0.1) is 0 Å². The molecule has 40 heavy (non-hydrogen) atoms. The number of fused-ring (bicyclic) bond motifs is 1. The van der Waals surface area contributed by atoms with Crippen LogP contribution >= 0.6 is 11.6 Å². The van der Waals surface area contributed by atoms with E-state index in [2.05, 4.69) is 44.5 Å². The number of hydrogen-bond acceptors (Lipinski definition) is 6. The third-order valence-electron chi connectivity index (χ3n) is 7.56. The Morgan fingerprint density at radius 1 is 0.975 bits per heavy atom. The lowest BCUT2D eigenvalue weighted by molar-refractivity contribution is -0.133. The summed E-state index contributed by atoms with van der Waals surface area (Å²) >= 11 is 6.11. The van der Waals surface area contributed by atoms with Crippen molar-refractivity contribution in [3.8, 4) is 0 Å². The molecule has 0 spiro atoms. The van der Waals surface area contributed by atoms with Crippen LogP contribution in [0.1, 0.15) is 16.7 Å². The Hall–Kier alpha value is -3.11. The zero-order valence-corrected chi connectivity index (χ0v) is 24.2. The predicted octanol–water partition coefficient (Wildman–Crippen LogP) is 3.28. The Labute approximate surface area is 241 Å². The number of nitrogens with zero attached hydrogens (tertiary/aromatic N) is 2. The number of rotatable bonds is 9. The number of para-hydroxylation sites is 2. The first-order valence-electron chi connectivity index (χ1n) is 13.6. The van der Waals surface area contributed by atoms with Crippen LogP contribution in [0.15, 0.2) is 72.8 Å². The molecule has 2 atom stereocenters. The van der Waals surface area contributed by atoms with E-state index in [-0.39, 0.29) is 18.0 Å². The van der Waals surface area contributed by atoms with Crippen LogP contribution in [0.5, 0.6) is 0 Å². The fraction of sp³-hybridized carbons (Fsp3) is 0.367. The third-order valence-corrected chi connectivity index (χ3v) is 8.40. The number of benzene rings is 3. The van der Waals surface area contributed by atoms with Gasteiger partial charge in [-0.1, -0.05) is 60.1 Å². The molecule has 2 aliphatic rings. The van der Waals surface area contributed by atoms with Gasteiger partial charge in [-0.3, -0.25) is 9.52 Å². The fourth-order valence-electron chi connectivity index (χ4n) is 5.48. The van der Waals surface area contributed by atoms with Gasteiger partial charge in [-0.15, -0.1) is 0 Å². The van der Waals surface area contributed by atoms with Crippen molar-refractivity contribution in [3.63, 3.8) is 0 Å². The number of nitrogens with one attached hydrogen (secondary N) is 3. The summed E-state index contributed by atoms with van der Waals surface area (Å²) in [6.07, 6.45) is 2.64. The van der Waals surface area contributed by atoms with Gasteiger partial charge in [0.25, 0.3) is 0 Å². The van der Waals surface area contributed by atoms with E-state index in [4.69, 9.17) is 11.6 Å². The molecule has 2 heterocycles. The van der Waals surface area contributed by atoms with Gasteiger partial charge in [0.05, 0.1) is 23.7 Å². The van der Waals surface area contributed by atoms with Crippen molar-refractivity contribution in [3.05, 3.63) is 94.5 Å². The fourth-order valence-corrected chi connectivity index (χ4v) is 6.17. The van der Waals surface area contributed by atoms with Gasteiger partial charge in [-0.2, -0.15) is 0 Å². The van der Waals surface area contributed by atoms with Crippen molar-refractivity contribution in [2.75, 3.05) is 48.6 Å². The van der Waals surface area contributed by atoms with Crippen LogP contribution in [0.2, 0.25) is 5.02 Å². The summed E-state index contributed by atoms with van der Waals surface area (Å²) in [6, 6.07) is 23.4. The summed E-state index contributed by atoms with van der Waals surface area (Å²) in [5.74, 6) is 0.0772. The van der Waals surface area contributed by atoms with Crippen LogP contribution in [-0.4, -0.2) is 70.3 Å². The highest BCUT2D eigenvalue weighted by molar-refractivity contribution is 7.92. The highest BCUT2D eigenvalue weighted by Crippen LogP contribution is 2.27. The molecular formula is C30H36ClN5O3S. The van der Waals surface area contributed by atoms with E-state index < -0.39 is 10.0 Å². The average molecular weight is 582 g/mol. The first-order chi connectivity index (χ1) is 19.2. The normalized spacial score (nSPS) is 18.2. The highest BCUT2D eigenvalue weighted by Gasteiger charge is 2.29. The number of halogens is 1. The molecule has 2 unspecified atom stereocenters. The van der Waals surface area contributed by atoms with E-state index in [1.54, 1.807) is 6.07 Å². The van der Waals surface area contributed by atoms with Crippen LogP contribution in [0.4, 0.5) is 11.4 Å². The van der Waals surface area contributed by atoms with E-state index >= 15 is 0 Å². The van der Waals surface area contributed by atoms with Gasteiger partial charge >= 0.3 is 0 Å². The quantitative estimate of drug-likeness (QED) is 0.359. The lowest BCUT2D eigenvalue weighted by Crippen LogP contribution is -2.56. The number of carbonyl (C=O) groups is 1. The number of sulfonamides is 1. The van der Waals surface area contributed by atoms with Gasteiger partial charge < -0.3 is 20.4 Å². The summed E-state index contributed by atoms with van der Waals surface area (Å²) in [7, 11) is -3.40. The van der Waals surface area contributed by atoms with Gasteiger partial charge in [-0.25, -0.2) is 8.42 Å². The molecule has 5 rings (SSSR count). The molecule has 0 aliphatic carbocycles. The third kappa shape index (κ3) is 7.34. The molecule has 212 valence electrons. The van der Waals surface area contributed by atoms with Crippen molar-refractivity contribution >= 4 is 38.9 Å². The van der Waals surface area contributed by atoms with Crippen LogP contribution in [0.25, 0.3) is 0 Å². The zero-order valence-electron chi connectivity index (χ0n) is 22.6. The Morgan fingerprint density at radius 3 is 2.38 bits per heavy atom. The van der Waals surface area contributed by atoms with E-state index in [9.17, 15) is 13.2 Å². The molecule has 0 saturated carbocycles. The largest absolute Gasteiger partial charge is 0.366 e. The first-order valence-corrected chi connectivity index (χ1v) is 15.9. The van der Waals surface area contributed by atoms with E-state index in [1.807, 2.05) is 47.4 Å². The average Bonchev–Trinajstić information content (AvgIpc) is 2.95. The summed E-state index contributed by atoms with van der Waals surface area (Å²) in [4.78, 5) is 17.9. The zero-order chi connectivity index (χ0) is 28.1. The van der Waals surface area contributed by atoms with E-state index in [0.717, 1.165) is 30.5 Å². The lowest BCUT2D eigenvalue weighted by Gasteiger charge is -2.38. The Balaban J connectivity index is 1.25. The maximum absolute atomic E-state index is 13.8. The van der Waals surface area contributed by atoms with Gasteiger partial charge in [-0.05, 0) is 53.8 Å². The summed E-state index contributed by atoms with van der Waals surface area (Å²) in [5.41, 5.74) is 5.11. The molecule has 1 amide bonds. The first kappa shape index (κ1) is 28.4. The minimum absolute atomic E-state index is 0.0772. The topological polar surface area (TPSA) is 93.8 Å². The maximum atomic E-state index is 13.8. The maximum Gasteiger partial charge on any atom is 0.240 e. The summed E-state index contributed by atoms with van der Waals surface area (Å²) < 4.78 is 26.3. The minimum Gasteiger partial charge on any atom is -0.366 e. The molecule has 0 radical (unpaired) electrons. The van der Waals surface area contributed by atoms with Crippen LogP contribution in [0.3, 0.4) is 0 Å². The Bertz CT molecular complexity index is 1430. The molecule has 3 aromatic rings. The SMILES string of the molecule is CS(=O)(=O)Nc1ccccc1N1CCN(C(=O)C(Cc2ccc(Cl)cc2)NCC2Cc3ccccc3CN2)CC1. The second-order valence-electron chi connectivity index (χ2n) is 10.5. The lowest BCUT2D eigenvalue weighted by atomic mass is 9.95. The number of anilines is 2. The van der Waals surface area contributed by atoms with Crippen molar-refractivity contribution in [2.24, 2.45) is 0 Å². The summed E-state index contributed by atoms with van der Waals surface area (Å²) in [6.45, 7) is 3.85.